The number of allylic oxidation sites excluding steroid dienone is 2. The van der Waals surface area contributed by atoms with Gasteiger partial charge in [-0.05, 0) is 84.6 Å². The molecule has 0 bridgehead atoms. The van der Waals surface area contributed by atoms with Crippen LogP contribution in [0.4, 0.5) is 0 Å². The molecule has 2 heterocycles. The summed E-state index contributed by atoms with van der Waals surface area (Å²) in [5.41, 5.74) is 7.91. The third-order valence-corrected chi connectivity index (χ3v) is 8.69. The third kappa shape index (κ3) is 8.34. The maximum absolute atomic E-state index is 11.7. The summed E-state index contributed by atoms with van der Waals surface area (Å²) in [4.78, 5) is 21.2. The number of pyridine rings is 2. The smallest absolute Gasteiger partial charge is 0.162 e. The van der Waals surface area contributed by atoms with E-state index >= 15 is 0 Å². The molecule has 45 heavy (non-hydrogen) atoms. The molecule has 5 aromatic rings. The van der Waals surface area contributed by atoms with Crippen molar-refractivity contribution >= 4 is 27.3 Å². The molecule has 4 nitrogen and oxygen atoms in total. The molecule has 3 aromatic carbocycles. The van der Waals surface area contributed by atoms with Gasteiger partial charge in [0, 0.05) is 61.4 Å². The van der Waals surface area contributed by atoms with Crippen molar-refractivity contribution in [2.45, 2.75) is 74.1 Å². The van der Waals surface area contributed by atoms with Gasteiger partial charge in [0.1, 0.15) is 0 Å². The van der Waals surface area contributed by atoms with Crippen LogP contribution >= 0.6 is 0 Å². The van der Waals surface area contributed by atoms with Crippen LogP contribution in [0.3, 0.4) is 0 Å². The Balaban J connectivity index is 0.000000297. The number of carbonyl (C=O) groups is 1. The number of aliphatic hydroxyl groups is 1. The fraction of sp³-hybridized carbons (Fsp3) is 0.325. The summed E-state index contributed by atoms with van der Waals surface area (Å²) in [6.07, 6.45) is 8.79. The van der Waals surface area contributed by atoms with E-state index in [1.54, 1.807) is 0 Å². The van der Waals surface area contributed by atoms with Crippen LogP contribution in [-0.4, -0.2) is 20.9 Å². The number of carbonyl (C=O) groups excluding carboxylic acids is 1. The fourth-order valence-electron chi connectivity index (χ4n) is 5.88. The van der Waals surface area contributed by atoms with E-state index in [4.69, 9.17) is 4.98 Å². The molecular formula is C40H45IrN2O2-. The van der Waals surface area contributed by atoms with E-state index in [0.29, 0.717) is 0 Å². The molecule has 0 amide bonds. The summed E-state index contributed by atoms with van der Waals surface area (Å²) < 4.78 is 0. The van der Waals surface area contributed by atoms with E-state index in [2.05, 4.69) is 86.4 Å². The number of aliphatic hydroxyl groups excluding tert-OH is 1. The SMILES string of the molecule is CCC(CC)C(=O)/C=C(\O)C(CC)CC.Cc1c[c-]c(-c2nccc3c2ccc2cc(-c4c(C)cccc4C)ncc23)cc1.[Ir]. The molecule has 5 heteroatoms. The minimum absolute atomic E-state index is 0. The fourth-order valence-corrected chi connectivity index (χ4v) is 5.88. The summed E-state index contributed by atoms with van der Waals surface area (Å²) >= 11 is 0. The first kappa shape index (κ1) is 35.8. The molecule has 0 saturated carbocycles. The van der Waals surface area contributed by atoms with Crippen molar-refractivity contribution in [3.8, 4) is 22.5 Å². The molecule has 0 aliphatic carbocycles. The molecular weight excluding hydrogens is 733 g/mol. The second-order valence-electron chi connectivity index (χ2n) is 11.7. The van der Waals surface area contributed by atoms with Crippen molar-refractivity contribution in [1.82, 2.24) is 9.97 Å². The average molecular weight is 778 g/mol. The molecule has 237 valence electrons. The Bertz CT molecular complexity index is 1750. The summed E-state index contributed by atoms with van der Waals surface area (Å²) in [7, 11) is 0. The van der Waals surface area contributed by atoms with Gasteiger partial charge in [0.15, 0.2) is 5.78 Å². The molecule has 1 N–H and O–H groups in total. The molecule has 0 unspecified atom stereocenters. The van der Waals surface area contributed by atoms with Crippen LogP contribution in [0, 0.1) is 38.7 Å². The Morgan fingerprint density at radius 2 is 1.49 bits per heavy atom. The van der Waals surface area contributed by atoms with Gasteiger partial charge in [-0.1, -0.05) is 65.0 Å². The number of aromatic nitrogens is 2. The van der Waals surface area contributed by atoms with Gasteiger partial charge in [-0.3, -0.25) is 9.78 Å². The van der Waals surface area contributed by atoms with Crippen molar-refractivity contribution in [3.05, 3.63) is 108 Å². The van der Waals surface area contributed by atoms with Crippen molar-refractivity contribution in [2.24, 2.45) is 11.8 Å². The summed E-state index contributed by atoms with van der Waals surface area (Å²) in [6.45, 7) is 14.4. The van der Waals surface area contributed by atoms with E-state index in [1.807, 2.05) is 46.2 Å². The second-order valence-corrected chi connectivity index (χ2v) is 11.7. The molecule has 0 saturated heterocycles. The van der Waals surface area contributed by atoms with Crippen molar-refractivity contribution < 1.29 is 30.0 Å². The summed E-state index contributed by atoms with van der Waals surface area (Å²) in [5, 5.41) is 14.4. The first-order valence-corrected chi connectivity index (χ1v) is 15.9. The van der Waals surface area contributed by atoms with Crippen molar-refractivity contribution in [2.75, 3.05) is 0 Å². The zero-order chi connectivity index (χ0) is 31.8. The zero-order valence-electron chi connectivity index (χ0n) is 27.6. The Labute approximate surface area is 282 Å². The molecule has 1 radical (unpaired) electrons. The number of benzene rings is 3. The first-order chi connectivity index (χ1) is 21.2. The standard InChI is InChI=1S/C27H21N2.C13H24O2.Ir/c1-17-7-9-20(10-8-17)27-23-12-11-21-15-25(26-18(2)5-4-6-19(26)3)29-16-24(21)22(23)13-14-28-27;1-5-10(6-2)12(14)9-13(15)11(7-3)8-4;/h4-9,11-16H,1-3H3;9-11,14H,5-8H2,1-4H3;/q-1;;/b;12-9-;. The van der Waals surface area contributed by atoms with Crippen LogP contribution in [0.25, 0.3) is 44.1 Å². The topological polar surface area (TPSA) is 63.1 Å². The molecule has 0 aliphatic heterocycles. The van der Waals surface area contributed by atoms with E-state index in [1.165, 1.54) is 39.1 Å². The molecule has 0 aliphatic rings. The predicted molar refractivity (Wildman–Crippen MR) is 185 cm³/mol. The molecule has 5 rings (SSSR count). The van der Waals surface area contributed by atoms with Gasteiger partial charge in [0.25, 0.3) is 0 Å². The van der Waals surface area contributed by atoms with Crippen LogP contribution in [0.1, 0.15) is 70.1 Å². The predicted octanol–water partition coefficient (Wildman–Crippen LogP) is 10.7. The van der Waals surface area contributed by atoms with E-state index in [-0.39, 0.29) is 43.5 Å². The Kier molecular flexibility index (Phi) is 13.2. The van der Waals surface area contributed by atoms with Gasteiger partial charge in [-0.2, -0.15) is 0 Å². The number of hydrogen-bond donors (Lipinski definition) is 1. The molecule has 2 aromatic heterocycles. The first-order valence-electron chi connectivity index (χ1n) is 15.9. The largest absolute Gasteiger partial charge is 0.512 e. The number of hydrogen-bond acceptors (Lipinski definition) is 4. The maximum atomic E-state index is 11.7. The second kappa shape index (κ2) is 16.6. The monoisotopic (exact) mass is 778 g/mol. The third-order valence-electron chi connectivity index (χ3n) is 8.69. The number of aryl methyl sites for hydroxylation is 3. The van der Waals surface area contributed by atoms with Gasteiger partial charge in [-0.25, -0.2) is 0 Å². The maximum Gasteiger partial charge on any atom is 0.162 e. The Morgan fingerprint density at radius 1 is 0.822 bits per heavy atom. The van der Waals surface area contributed by atoms with E-state index in [9.17, 15) is 9.90 Å². The molecule has 0 atom stereocenters. The van der Waals surface area contributed by atoms with Crippen molar-refractivity contribution in [3.63, 3.8) is 0 Å². The van der Waals surface area contributed by atoms with Gasteiger partial charge in [0.2, 0.25) is 0 Å². The number of fused-ring (bicyclic) bond motifs is 3. The van der Waals surface area contributed by atoms with Gasteiger partial charge in [-0.15, -0.1) is 35.4 Å². The normalized spacial score (nSPS) is 11.4. The minimum atomic E-state index is 0. The van der Waals surface area contributed by atoms with Crippen LogP contribution in [0.5, 0.6) is 0 Å². The summed E-state index contributed by atoms with van der Waals surface area (Å²) in [5.74, 6) is 0.547. The Hall–Kier alpha value is -3.66. The molecule has 0 fully saturated rings. The number of rotatable bonds is 9. The van der Waals surface area contributed by atoms with E-state index in [0.717, 1.165) is 53.4 Å². The van der Waals surface area contributed by atoms with Crippen LogP contribution in [0.15, 0.2) is 84.9 Å². The van der Waals surface area contributed by atoms with E-state index < -0.39 is 0 Å². The van der Waals surface area contributed by atoms with Crippen LogP contribution in [-0.2, 0) is 24.9 Å². The summed E-state index contributed by atoms with van der Waals surface area (Å²) in [6, 6.07) is 24.6. The number of ketones is 1. The molecule has 0 spiro atoms. The Morgan fingerprint density at radius 3 is 2.09 bits per heavy atom. The quantitative estimate of drug-likeness (QED) is 0.0701. The van der Waals surface area contributed by atoms with Gasteiger partial charge >= 0.3 is 0 Å². The average Bonchev–Trinajstić information content (AvgIpc) is 3.02. The minimum Gasteiger partial charge on any atom is -0.512 e. The zero-order valence-corrected chi connectivity index (χ0v) is 30.0. The van der Waals surface area contributed by atoms with Crippen molar-refractivity contribution in [1.29, 1.82) is 0 Å². The number of nitrogens with zero attached hydrogens (tertiary/aromatic N) is 2. The van der Waals surface area contributed by atoms with Crippen LogP contribution < -0.4 is 0 Å². The van der Waals surface area contributed by atoms with Gasteiger partial charge < -0.3 is 10.1 Å². The van der Waals surface area contributed by atoms with Gasteiger partial charge in [0.05, 0.1) is 11.5 Å². The van der Waals surface area contributed by atoms with Crippen LogP contribution in [0.2, 0.25) is 0 Å².